The first-order chi connectivity index (χ1) is 11.0. The molecular formula is C16H13BrN2O2S2. The molecule has 0 saturated carbocycles. The van der Waals surface area contributed by atoms with Crippen LogP contribution in [0.2, 0.25) is 0 Å². The molecule has 0 atom stereocenters. The van der Waals surface area contributed by atoms with Crippen molar-refractivity contribution in [2.45, 2.75) is 11.8 Å². The second-order valence-corrected chi connectivity index (χ2v) is 8.52. The topological polar surface area (TPSA) is 59.1 Å². The van der Waals surface area contributed by atoms with Gasteiger partial charge in [0.05, 0.1) is 21.3 Å². The number of aryl methyl sites for hydroxylation is 1. The van der Waals surface area contributed by atoms with Crippen LogP contribution in [0.1, 0.15) is 5.01 Å². The smallest absolute Gasteiger partial charge is 0.261 e. The van der Waals surface area contributed by atoms with Crippen LogP contribution in [-0.4, -0.2) is 13.4 Å². The monoisotopic (exact) mass is 408 g/mol. The molecule has 0 amide bonds. The van der Waals surface area contributed by atoms with Gasteiger partial charge in [0, 0.05) is 15.4 Å². The molecule has 0 aliphatic carbocycles. The highest BCUT2D eigenvalue weighted by molar-refractivity contribution is 9.10. The van der Waals surface area contributed by atoms with Crippen LogP contribution in [-0.2, 0) is 10.0 Å². The molecule has 1 N–H and O–H groups in total. The van der Waals surface area contributed by atoms with Crippen LogP contribution in [0.15, 0.2) is 63.3 Å². The van der Waals surface area contributed by atoms with Gasteiger partial charge in [0.15, 0.2) is 0 Å². The van der Waals surface area contributed by atoms with Crippen LogP contribution >= 0.6 is 27.3 Å². The van der Waals surface area contributed by atoms with E-state index in [-0.39, 0.29) is 4.90 Å². The van der Waals surface area contributed by atoms with Crippen LogP contribution in [0.25, 0.3) is 11.3 Å². The minimum absolute atomic E-state index is 0.213. The molecule has 3 aromatic rings. The van der Waals surface area contributed by atoms with Crippen molar-refractivity contribution in [1.29, 1.82) is 0 Å². The molecule has 0 unspecified atom stereocenters. The number of thiazole rings is 1. The molecule has 3 rings (SSSR count). The average molecular weight is 409 g/mol. The lowest BCUT2D eigenvalue weighted by atomic mass is 10.1. The third-order valence-electron chi connectivity index (χ3n) is 3.19. The summed E-state index contributed by atoms with van der Waals surface area (Å²) >= 11 is 4.83. The summed E-state index contributed by atoms with van der Waals surface area (Å²) < 4.78 is 28.6. The normalized spacial score (nSPS) is 11.4. The molecule has 0 bridgehead atoms. The van der Waals surface area contributed by atoms with Crippen LogP contribution in [0.5, 0.6) is 0 Å². The van der Waals surface area contributed by atoms with Crippen LogP contribution in [0, 0.1) is 6.92 Å². The number of para-hydroxylation sites is 1. The van der Waals surface area contributed by atoms with E-state index in [4.69, 9.17) is 0 Å². The summed E-state index contributed by atoms with van der Waals surface area (Å²) in [6.07, 6.45) is 0. The Labute approximate surface area is 147 Å². The molecule has 1 heterocycles. The van der Waals surface area contributed by atoms with E-state index in [0.717, 1.165) is 20.7 Å². The standard InChI is InChI=1S/C16H13BrN2O2S2/c1-11-18-16(10-22-11)14-4-2-3-5-15(14)19-23(20,21)13-8-6-12(17)7-9-13/h2-10,19H,1H3. The fraction of sp³-hybridized carbons (Fsp3) is 0.0625. The van der Waals surface area contributed by atoms with Crippen molar-refractivity contribution in [1.82, 2.24) is 4.98 Å². The number of aromatic nitrogens is 1. The van der Waals surface area contributed by atoms with E-state index < -0.39 is 10.0 Å². The van der Waals surface area contributed by atoms with Crippen molar-refractivity contribution in [3.63, 3.8) is 0 Å². The lowest BCUT2D eigenvalue weighted by molar-refractivity contribution is 0.601. The molecule has 1 aromatic heterocycles. The summed E-state index contributed by atoms with van der Waals surface area (Å²) in [5.41, 5.74) is 2.04. The van der Waals surface area contributed by atoms with Crippen LogP contribution in [0.3, 0.4) is 0 Å². The molecule has 0 spiro atoms. The van der Waals surface area contributed by atoms with Gasteiger partial charge in [-0.2, -0.15) is 0 Å². The fourth-order valence-corrected chi connectivity index (χ4v) is 4.06. The number of benzene rings is 2. The summed E-state index contributed by atoms with van der Waals surface area (Å²) in [6, 6.07) is 13.8. The summed E-state index contributed by atoms with van der Waals surface area (Å²) in [5.74, 6) is 0. The van der Waals surface area contributed by atoms with E-state index in [0.29, 0.717) is 5.69 Å². The Morgan fingerprint density at radius 1 is 1.09 bits per heavy atom. The lowest BCUT2D eigenvalue weighted by Gasteiger charge is -2.11. The maximum absolute atomic E-state index is 12.6. The zero-order valence-electron chi connectivity index (χ0n) is 12.2. The minimum atomic E-state index is -3.65. The van der Waals surface area contributed by atoms with E-state index in [9.17, 15) is 8.42 Å². The van der Waals surface area contributed by atoms with Gasteiger partial charge in [0.25, 0.3) is 10.0 Å². The number of hydrogen-bond acceptors (Lipinski definition) is 4. The summed E-state index contributed by atoms with van der Waals surface area (Å²) in [6.45, 7) is 1.92. The molecule has 7 heteroatoms. The van der Waals surface area contributed by atoms with E-state index in [1.165, 1.54) is 11.3 Å². The van der Waals surface area contributed by atoms with Gasteiger partial charge in [-0.1, -0.05) is 34.1 Å². The highest BCUT2D eigenvalue weighted by atomic mass is 79.9. The van der Waals surface area contributed by atoms with Gasteiger partial charge in [-0.3, -0.25) is 4.72 Å². The highest BCUT2D eigenvalue weighted by Crippen LogP contribution is 2.30. The number of hydrogen-bond donors (Lipinski definition) is 1. The lowest BCUT2D eigenvalue weighted by Crippen LogP contribution is -2.13. The average Bonchev–Trinajstić information content (AvgIpc) is 2.94. The quantitative estimate of drug-likeness (QED) is 0.681. The maximum atomic E-state index is 12.6. The number of nitrogens with zero attached hydrogens (tertiary/aromatic N) is 1. The first-order valence-corrected chi connectivity index (χ1v) is 9.91. The predicted molar refractivity (Wildman–Crippen MR) is 97.2 cm³/mol. The number of anilines is 1. The number of rotatable bonds is 4. The first kappa shape index (κ1) is 16.2. The first-order valence-electron chi connectivity index (χ1n) is 6.75. The Morgan fingerprint density at radius 3 is 2.43 bits per heavy atom. The van der Waals surface area contributed by atoms with Crippen molar-refractivity contribution >= 4 is 43.0 Å². The van der Waals surface area contributed by atoms with E-state index >= 15 is 0 Å². The molecule has 23 heavy (non-hydrogen) atoms. The Hall–Kier alpha value is -1.70. The third kappa shape index (κ3) is 3.63. The van der Waals surface area contributed by atoms with Gasteiger partial charge < -0.3 is 0 Å². The SMILES string of the molecule is Cc1nc(-c2ccccc2NS(=O)(=O)c2ccc(Br)cc2)cs1. The zero-order valence-corrected chi connectivity index (χ0v) is 15.4. The second-order valence-electron chi connectivity index (χ2n) is 4.86. The maximum Gasteiger partial charge on any atom is 0.261 e. The fourth-order valence-electron chi connectivity index (χ4n) is 2.10. The number of sulfonamides is 1. The Bertz CT molecular complexity index is 935. The van der Waals surface area contributed by atoms with E-state index in [1.807, 2.05) is 24.4 Å². The van der Waals surface area contributed by atoms with Gasteiger partial charge in [-0.05, 0) is 37.3 Å². The van der Waals surface area contributed by atoms with E-state index in [1.54, 1.807) is 36.4 Å². The third-order valence-corrected chi connectivity index (χ3v) is 5.87. The van der Waals surface area contributed by atoms with Crippen LogP contribution in [0.4, 0.5) is 5.69 Å². The van der Waals surface area contributed by atoms with Gasteiger partial charge in [-0.25, -0.2) is 13.4 Å². The molecule has 0 radical (unpaired) electrons. The summed E-state index contributed by atoms with van der Waals surface area (Å²) in [4.78, 5) is 4.65. The van der Waals surface area contributed by atoms with Crippen molar-refractivity contribution in [2.24, 2.45) is 0 Å². The van der Waals surface area contributed by atoms with Crippen molar-refractivity contribution in [3.8, 4) is 11.3 Å². The number of nitrogens with one attached hydrogen (secondary N) is 1. The van der Waals surface area contributed by atoms with Gasteiger partial charge in [0.1, 0.15) is 0 Å². The Morgan fingerprint density at radius 2 is 1.78 bits per heavy atom. The molecule has 0 fully saturated rings. The van der Waals surface area contributed by atoms with Gasteiger partial charge in [0.2, 0.25) is 0 Å². The van der Waals surface area contributed by atoms with Crippen molar-refractivity contribution < 1.29 is 8.42 Å². The molecule has 0 aliphatic heterocycles. The van der Waals surface area contributed by atoms with Crippen LogP contribution < -0.4 is 4.72 Å². The van der Waals surface area contributed by atoms with Gasteiger partial charge >= 0.3 is 0 Å². The molecule has 0 saturated heterocycles. The Balaban J connectivity index is 1.98. The summed E-state index contributed by atoms with van der Waals surface area (Å²) in [7, 11) is -3.65. The van der Waals surface area contributed by atoms with Crippen molar-refractivity contribution in [2.75, 3.05) is 4.72 Å². The molecule has 0 aliphatic rings. The predicted octanol–water partition coefficient (Wildman–Crippen LogP) is 4.68. The Kier molecular flexibility index (Phi) is 4.52. The summed E-state index contributed by atoms with van der Waals surface area (Å²) in [5, 5.41) is 2.85. The zero-order chi connectivity index (χ0) is 16.4. The largest absolute Gasteiger partial charge is 0.279 e. The van der Waals surface area contributed by atoms with Gasteiger partial charge in [-0.15, -0.1) is 11.3 Å². The van der Waals surface area contributed by atoms with E-state index in [2.05, 4.69) is 25.6 Å². The highest BCUT2D eigenvalue weighted by Gasteiger charge is 2.17. The minimum Gasteiger partial charge on any atom is -0.279 e. The van der Waals surface area contributed by atoms with Crippen molar-refractivity contribution in [3.05, 3.63) is 63.4 Å². The molecule has 2 aromatic carbocycles. The molecule has 118 valence electrons. The second kappa shape index (κ2) is 6.43. The molecular weight excluding hydrogens is 396 g/mol. The molecule has 4 nitrogen and oxygen atoms in total. The number of halogens is 1.